The van der Waals surface area contributed by atoms with E-state index < -0.39 is 53.9 Å². The monoisotopic (exact) mass is 631 g/mol. The summed E-state index contributed by atoms with van der Waals surface area (Å²) in [5, 5.41) is 19.2. The molecule has 0 spiro atoms. The fourth-order valence-electron chi connectivity index (χ4n) is 4.71. The van der Waals surface area contributed by atoms with Gasteiger partial charge in [0.05, 0.1) is 24.1 Å². The smallest absolute Gasteiger partial charge is 0.337 e. The molecule has 0 aromatic heterocycles. The van der Waals surface area contributed by atoms with Crippen LogP contribution in [-0.4, -0.2) is 46.8 Å². The maximum Gasteiger partial charge on any atom is 0.337 e. The quantitative estimate of drug-likeness (QED) is 0.186. The van der Waals surface area contributed by atoms with Crippen LogP contribution in [0, 0.1) is 23.4 Å². The Morgan fingerprint density at radius 3 is 2.55 bits per heavy atom. The number of benzene rings is 3. The Balaban J connectivity index is 1.63. The number of nitrogens with one attached hydrogen (secondary N) is 2. The summed E-state index contributed by atoms with van der Waals surface area (Å²) in [5.41, 5.74) is 6.50. The van der Waals surface area contributed by atoms with Crippen LogP contribution in [0.1, 0.15) is 47.3 Å². The number of anilines is 1. The summed E-state index contributed by atoms with van der Waals surface area (Å²) in [5.74, 6) is -5.47. The molecule has 3 amide bonds. The number of carboxylic acids is 1. The van der Waals surface area contributed by atoms with Gasteiger partial charge in [-0.1, -0.05) is 36.2 Å². The number of amidine groups is 1. The highest BCUT2D eigenvalue weighted by molar-refractivity contribution is 6.30. The molecule has 3 aromatic carbocycles. The molecule has 3 aromatic rings. The van der Waals surface area contributed by atoms with Crippen molar-refractivity contribution in [2.75, 3.05) is 18.8 Å². The first-order chi connectivity index (χ1) is 20.9. The Bertz CT molecular complexity index is 1580. The number of carbonyl (C=O) groups excluding carboxylic acids is 2. The van der Waals surface area contributed by atoms with Crippen LogP contribution in [0.5, 0.6) is 5.75 Å². The average Bonchev–Trinajstić information content (AvgIpc) is 3.11. The second kappa shape index (κ2) is 14.1. The van der Waals surface area contributed by atoms with Crippen molar-refractivity contribution in [3.63, 3.8) is 0 Å². The molecule has 0 aliphatic carbocycles. The molecule has 1 saturated heterocycles. The number of imide groups is 1. The number of halogens is 4. The van der Waals surface area contributed by atoms with Crippen LogP contribution in [-0.2, 0) is 11.2 Å². The third-order valence-corrected chi connectivity index (χ3v) is 7.11. The lowest BCUT2D eigenvalue weighted by atomic mass is 9.97. The number of oxime groups is 1. The second-order valence-electron chi connectivity index (χ2n) is 10.1. The normalized spacial score (nSPS) is 16.7. The first-order valence-corrected chi connectivity index (χ1v) is 13.9. The molecule has 5 N–H and O–H groups in total. The predicted molar refractivity (Wildman–Crippen MR) is 157 cm³/mol. The zero-order valence-corrected chi connectivity index (χ0v) is 24.2. The minimum atomic E-state index is -1.20. The molecule has 10 nitrogen and oxygen atoms in total. The molecule has 1 aliphatic rings. The van der Waals surface area contributed by atoms with Crippen LogP contribution in [0.15, 0.2) is 59.8 Å². The van der Waals surface area contributed by atoms with E-state index in [1.807, 2.05) is 6.92 Å². The molecule has 14 heteroatoms. The molecular formula is C30H29ClF3N5O5. The molecule has 0 saturated carbocycles. The van der Waals surface area contributed by atoms with E-state index >= 15 is 0 Å². The van der Waals surface area contributed by atoms with Gasteiger partial charge in [0.2, 0.25) is 5.91 Å². The summed E-state index contributed by atoms with van der Waals surface area (Å²) in [6.45, 7) is 1.37. The zero-order chi connectivity index (χ0) is 32.0. The number of nitrogens with zero attached hydrogens (tertiary/aromatic N) is 2. The maximum absolute atomic E-state index is 14.6. The minimum absolute atomic E-state index is 0.00404. The van der Waals surface area contributed by atoms with Crippen molar-refractivity contribution in [2.24, 2.45) is 11.1 Å². The molecule has 0 radical (unpaired) electrons. The van der Waals surface area contributed by atoms with Crippen LogP contribution in [0.3, 0.4) is 0 Å². The Kier molecular flexibility index (Phi) is 10.3. The summed E-state index contributed by atoms with van der Waals surface area (Å²) in [6.07, 6.45) is 0.920. The van der Waals surface area contributed by atoms with Gasteiger partial charge in [-0.05, 0) is 54.3 Å². The number of amides is 3. The lowest BCUT2D eigenvalue weighted by Crippen LogP contribution is -2.48. The van der Waals surface area contributed by atoms with Crippen molar-refractivity contribution < 1.29 is 37.5 Å². The highest BCUT2D eigenvalue weighted by Crippen LogP contribution is 2.25. The third-order valence-electron chi connectivity index (χ3n) is 6.88. The number of hydrogen-bond donors (Lipinski definition) is 4. The van der Waals surface area contributed by atoms with E-state index in [4.69, 9.17) is 22.2 Å². The molecule has 2 atom stereocenters. The van der Waals surface area contributed by atoms with E-state index in [-0.39, 0.29) is 46.4 Å². The van der Waals surface area contributed by atoms with Gasteiger partial charge in [-0.2, -0.15) is 0 Å². The number of rotatable bonds is 9. The van der Waals surface area contributed by atoms with Crippen molar-refractivity contribution in [1.29, 1.82) is 0 Å². The van der Waals surface area contributed by atoms with Crippen LogP contribution >= 0.6 is 11.6 Å². The summed E-state index contributed by atoms with van der Waals surface area (Å²) < 4.78 is 41.9. The molecule has 1 heterocycles. The lowest BCUT2D eigenvalue weighted by molar-refractivity contribution is -0.131. The van der Waals surface area contributed by atoms with Crippen molar-refractivity contribution in [2.45, 2.75) is 32.2 Å². The topological polar surface area (TPSA) is 146 Å². The molecular weight excluding hydrogens is 603 g/mol. The number of carboxylic acid groups (broad SMARTS) is 1. The zero-order valence-electron chi connectivity index (χ0n) is 23.5. The number of aromatic carboxylic acids is 1. The summed E-state index contributed by atoms with van der Waals surface area (Å²) in [4.78, 5) is 44.9. The van der Waals surface area contributed by atoms with E-state index in [2.05, 4.69) is 15.8 Å². The Hall–Kier alpha value is -4.78. The molecule has 4 rings (SSSR count). The number of hydrogen-bond acceptors (Lipinski definition) is 6. The molecule has 0 bridgehead atoms. The molecule has 44 heavy (non-hydrogen) atoms. The summed E-state index contributed by atoms with van der Waals surface area (Å²) >= 11 is 6.04. The minimum Gasteiger partial charge on any atom is -0.478 e. The second-order valence-corrected chi connectivity index (χ2v) is 10.6. The van der Waals surface area contributed by atoms with Crippen LogP contribution in [0.2, 0.25) is 5.02 Å². The van der Waals surface area contributed by atoms with Gasteiger partial charge < -0.3 is 26.3 Å². The van der Waals surface area contributed by atoms with E-state index in [0.29, 0.717) is 24.5 Å². The Morgan fingerprint density at radius 1 is 1.16 bits per heavy atom. The summed E-state index contributed by atoms with van der Waals surface area (Å²) in [6, 6.07) is 9.21. The van der Waals surface area contributed by atoms with Crippen molar-refractivity contribution in [3.8, 4) is 5.75 Å². The van der Waals surface area contributed by atoms with Crippen LogP contribution in [0.25, 0.3) is 0 Å². The number of nitrogens with two attached hydrogens (primary N) is 1. The van der Waals surface area contributed by atoms with Gasteiger partial charge in [0.25, 0.3) is 0 Å². The lowest BCUT2D eigenvalue weighted by Gasteiger charge is -2.26. The van der Waals surface area contributed by atoms with Crippen LogP contribution < -0.4 is 21.2 Å². The Labute approximate surface area is 255 Å². The number of nitrogen functional groups attached to an aromatic ring is 1. The Morgan fingerprint density at radius 2 is 1.89 bits per heavy atom. The fourth-order valence-corrected chi connectivity index (χ4v) is 4.90. The van der Waals surface area contributed by atoms with Gasteiger partial charge in [-0.3, -0.25) is 9.69 Å². The van der Waals surface area contributed by atoms with E-state index in [0.717, 1.165) is 17.0 Å². The largest absolute Gasteiger partial charge is 0.478 e. The summed E-state index contributed by atoms with van der Waals surface area (Å²) in [7, 11) is 0. The van der Waals surface area contributed by atoms with Crippen molar-refractivity contribution >= 4 is 41.0 Å². The highest BCUT2D eigenvalue weighted by Gasteiger charge is 2.35. The van der Waals surface area contributed by atoms with Crippen molar-refractivity contribution in [3.05, 3.63) is 93.8 Å². The van der Waals surface area contributed by atoms with Gasteiger partial charge in [-0.15, -0.1) is 0 Å². The van der Waals surface area contributed by atoms with E-state index in [1.165, 1.54) is 36.4 Å². The average molecular weight is 632 g/mol. The molecule has 1 fully saturated rings. The SMILES string of the molecule is CCC[C@@H](NC(=O)N1C/C(=N/Oc2cc(F)cc(F)c2)NC[C@@H](Cc2cc(Cl)ccc2F)C1=O)c1ccc(C(=O)O)c(N)c1. The maximum atomic E-state index is 14.6. The van der Waals surface area contributed by atoms with Crippen LogP contribution in [0.4, 0.5) is 23.7 Å². The van der Waals surface area contributed by atoms with E-state index in [1.54, 1.807) is 0 Å². The van der Waals surface area contributed by atoms with Gasteiger partial charge >= 0.3 is 12.0 Å². The first kappa shape index (κ1) is 32.1. The molecule has 1 aliphatic heterocycles. The third kappa shape index (κ3) is 7.98. The van der Waals surface area contributed by atoms with Gasteiger partial charge in [-0.25, -0.2) is 22.8 Å². The van der Waals surface area contributed by atoms with Gasteiger partial charge in [0, 0.05) is 35.5 Å². The molecule has 232 valence electrons. The standard InChI is InChI=1S/C30H29ClF3N5O5/c1-2-3-26(16-4-6-23(29(41)42)25(35)10-16)37-30(43)39-15-27(38-44-22-12-20(32)11-21(33)13-22)36-14-18(28(39)40)8-17-9-19(31)5-7-24(17)34/h4-7,9-13,18,26H,2-3,8,14-15,35H2,1H3,(H,36,38)(H,37,43)(H,41,42)/t18-,26-/m1/s1. The first-order valence-electron chi connectivity index (χ1n) is 13.6. The number of carbonyl (C=O) groups is 3. The highest BCUT2D eigenvalue weighted by atomic mass is 35.5. The van der Waals surface area contributed by atoms with Crippen molar-refractivity contribution in [1.82, 2.24) is 15.5 Å². The predicted octanol–water partition coefficient (Wildman–Crippen LogP) is 5.27. The van der Waals surface area contributed by atoms with Gasteiger partial charge in [0.15, 0.2) is 11.6 Å². The number of urea groups is 1. The molecule has 0 unspecified atom stereocenters. The fraction of sp³-hybridized carbons (Fsp3) is 0.267. The van der Waals surface area contributed by atoms with E-state index in [9.17, 15) is 32.7 Å². The van der Waals surface area contributed by atoms with Gasteiger partial charge in [0.1, 0.15) is 17.5 Å².